The first-order chi connectivity index (χ1) is 31.4. The van der Waals surface area contributed by atoms with Crippen LogP contribution in [0.1, 0.15) is 236 Å². The number of nitrogens with zero attached hydrogens (tertiary/aromatic N) is 2. The minimum atomic E-state index is -1.20. The maximum absolute atomic E-state index is 14.4. The van der Waals surface area contributed by atoms with Crippen LogP contribution in [0.2, 0.25) is 0 Å². The topological polar surface area (TPSA) is 144 Å². The van der Waals surface area contributed by atoms with Crippen LogP contribution in [-0.2, 0) is 19.1 Å². The van der Waals surface area contributed by atoms with E-state index in [2.05, 4.69) is 71.4 Å². The van der Waals surface area contributed by atoms with Crippen LogP contribution in [0.5, 0.6) is 0 Å². The third kappa shape index (κ3) is 11.3. The molecule has 10 nitrogen and oxygen atoms in total. The van der Waals surface area contributed by atoms with Gasteiger partial charge in [0.2, 0.25) is 0 Å². The van der Waals surface area contributed by atoms with Gasteiger partial charge in [0.15, 0.2) is 11.6 Å². The van der Waals surface area contributed by atoms with Gasteiger partial charge in [-0.05, 0) is 107 Å². The van der Waals surface area contributed by atoms with Crippen molar-refractivity contribution in [2.24, 2.45) is 17.8 Å². The van der Waals surface area contributed by atoms with Crippen molar-refractivity contribution in [1.82, 2.24) is 19.9 Å². The lowest BCUT2D eigenvalue weighted by Crippen LogP contribution is -2.21. The molecule has 8 bridgehead atoms. The van der Waals surface area contributed by atoms with Crippen molar-refractivity contribution in [1.29, 1.82) is 0 Å². The Morgan fingerprint density at radius 2 is 1.38 bits per heavy atom. The number of ketones is 2. The number of nitrogens with one attached hydrogen (secondary N) is 2. The number of fused-ring (bicyclic) bond motifs is 8. The van der Waals surface area contributed by atoms with Crippen molar-refractivity contribution in [3.8, 4) is 0 Å². The van der Waals surface area contributed by atoms with Gasteiger partial charge >= 0.3 is 11.9 Å². The van der Waals surface area contributed by atoms with E-state index in [-0.39, 0.29) is 47.6 Å². The Bertz CT molecular complexity index is 2470. The number of methoxy groups -OCH3 is 1. The molecule has 2 N–H and O–H groups in total. The van der Waals surface area contributed by atoms with E-state index in [4.69, 9.17) is 19.4 Å². The quantitative estimate of drug-likeness (QED) is 0.0353. The monoisotopic (exact) mass is 903 g/mol. The number of aromatic amines is 2. The predicted molar refractivity (Wildman–Crippen MR) is 265 cm³/mol. The van der Waals surface area contributed by atoms with Gasteiger partial charge in [0, 0.05) is 74.9 Å². The zero-order valence-corrected chi connectivity index (χ0v) is 42.2. The SMILES string of the molecule is CCC1c2cc3[nH]c4c(c3C)C(=O)C(C(=O)OC)c4c3nc(cc4[nH]c(cc(n2)C1C)c(C(C)=O)c4C)C(C)C3CCC(=O)OCCC=C(C)CCCC(C)CCCC(C)CCCC(C)C. The summed E-state index contributed by atoms with van der Waals surface area (Å²) in [6.07, 6.45) is 15.7. The maximum Gasteiger partial charge on any atom is 0.321 e. The maximum atomic E-state index is 14.4. The summed E-state index contributed by atoms with van der Waals surface area (Å²) in [6.45, 7) is 23.7. The fourth-order valence-electron chi connectivity index (χ4n) is 11.0. The zero-order valence-electron chi connectivity index (χ0n) is 42.2. The molecule has 0 fully saturated rings. The Morgan fingerprint density at radius 3 is 2.03 bits per heavy atom. The third-order valence-electron chi connectivity index (χ3n) is 15.1. The van der Waals surface area contributed by atoms with Crippen LogP contribution < -0.4 is 0 Å². The highest BCUT2D eigenvalue weighted by molar-refractivity contribution is 6.23. The number of carbonyl (C=O) groups excluding carboxylic acids is 4. The van der Waals surface area contributed by atoms with Crippen molar-refractivity contribution in [2.75, 3.05) is 13.7 Å². The van der Waals surface area contributed by atoms with Crippen molar-refractivity contribution in [3.63, 3.8) is 0 Å². The van der Waals surface area contributed by atoms with E-state index in [1.165, 1.54) is 64.0 Å². The summed E-state index contributed by atoms with van der Waals surface area (Å²) in [7, 11) is 1.30. The van der Waals surface area contributed by atoms with Crippen molar-refractivity contribution >= 4 is 45.6 Å². The van der Waals surface area contributed by atoms with E-state index in [1.807, 2.05) is 32.0 Å². The average molecular weight is 903 g/mol. The van der Waals surface area contributed by atoms with Crippen LogP contribution in [-0.4, -0.2) is 57.2 Å². The molecule has 0 saturated carbocycles. The van der Waals surface area contributed by atoms with Gasteiger partial charge in [-0.1, -0.05) is 105 Å². The zero-order chi connectivity index (χ0) is 48.0. The molecule has 6 rings (SSSR count). The van der Waals surface area contributed by atoms with E-state index in [1.54, 1.807) is 6.92 Å². The van der Waals surface area contributed by atoms with Gasteiger partial charge in [0.05, 0.1) is 30.4 Å². The lowest BCUT2D eigenvalue weighted by molar-refractivity contribution is -0.144. The standard InChI is InChI=1S/C56H78N4O6/c1-13-40-35(7)42-30-47-49(39(11)61)37(9)44(58-47)28-43-36(8)41(53(59-43)51-52(56(64)65-12)55(63)50-38(10)45(60-54(50)51)29-46(40)57-42)25-26-48(62)66-27-17-24-34(6)23-16-22-33(5)21-15-20-32(4)19-14-18-31(2)3/h24,28-33,35-36,40-41,52,58,60H,13-23,25-27H2,1-12H3. The molecule has 2 aliphatic heterocycles. The average Bonchev–Trinajstić information content (AvgIpc) is 4.01. The number of aryl methyl sites for hydroxylation is 2. The molecule has 7 unspecified atom stereocenters. The molecule has 7 atom stereocenters. The van der Waals surface area contributed by atoms with Gasteiger partial charge in [0.1, 0.15) is 5.92 Å². The van der Waals surface area contributed by atoms with Crippen LogP contribution in [0, 0.1) is 31.6 Å². The summed E-state index contributed by atoms with van der Waals surface area (Å²) in [5.41, 5.74) is 10.3. The van der Waals surface area contributed by atoms with Crippen LogP contribution in [0.4, 0.5) is 0 Å². The molecular formula is C56H78N4O6. The molecule has 0 spiro atoms. The van der Waals surface area contributed by atoms with Crippen LogP contribution >= 0.6 is 0 Å². The van der Waals surface area contributed by atoms with Crippen LogP contribution in [0.25, 0.3) is 22.1 Å². The Hall–Kier alpha value is -4.86. The number of rotatable bonds is 21. The van der Waals surface area contributed by atoms with Crippen molar-refractivity contribution in [3.05, 3.63) is 80.4 Å². The number of hydrogen-bond donors (Lipinski definition) is 2. The highest BCUT2D eigenvalue weighted by Crippen LogP contribution is 2.48. The second-order valence-corrected chi connectivity index (χ2v) is 20.6. The molecule has 0 aromatic carbocycles. The van der Waals surface area contributed by atoms with Gasteiger partial charge < -0.3 is 19.4 Å². The summed E-state index contributed by atoms with van der Waals surface area (Å²) >= 11 is 0. The van der Waals surface area contributed by atoms with Crippen LogP contribution in [0.15, 0.2) is 29.8 Å². The molecular weight excluding hydrogens is 825 g/mol. The summed E-state index contributed by atoms with van der Waals surface area (Å²) in [4.78, 5) is 72.1. The first-order valence-corrected chi connectivity index (χ1v) is 25.2. The molecule has 0 saturated heterocycles. The van der Waals surface area contributed by atoms with E-state index in [9.17, 15) is 19.2 Å². The van der Waals surface area contributed by atoms with Crippen LogP contribution in [0.3, 0.4) is 0 Å². The van der Waals surface area contributed by atoms with Gasteiger partial charge in [-0.15, -0.1) is 0 Å². The number of H-pyrrole nitrogens is 2. The smallest absolute Gasteiger partial charge is 0.321 e. The lowest BCUT2D eigenvalue weighted by Gasteiger charge is -2.18. The second-order valence-electron chi connectivity index (χ2n) is 20.6. The summed E-state index contributed by atoms with van der Waals surface area (Å²) < 4.78 is 11.1. The summed E-state index contributed by atoms with van der Waals surface area (Å²) in [6, 6.07) is 5.99. The number of ether oxygens (including phenoxy) is 2. The number of carbonyl (C=O) groups is 4. The fourth-order valence-corrected chi connectivity index (χ4v) is 11.0. The molecule has 1 aliphatic carbocycles. The van der Waals surface area contributed by atoms with Crippen molar-refractivity contribution in [2.45, 2.75) is 189 Å². The van der Waals surface area contributed by atoms with Gasteiger partial charge in [-0.25, -0.2) is 0 Å². The Morgan fingerprint density at radius 1 is 0.773 bits per heavy atom. The first-order valence-electron chi connectivity index (χ1n) is 25.2. The number of hydrogen-bond acceptors (Lipinski definition) is 8. The van der Waals surface area contributed by atoms with E-state index in [0.29, 0.717) is 52.9 Å². The molecule has 5 heterocycles. The summed E-state index contributed by atoms with van der Waals surface area (Å²) in [5, 5.41) is 0. The highest BCUT2D eigenvalue weighted by Gasteiger charge is 2.45. The molecule has 10 heteroatoms. The van der Waals surface area contributed by atoms with E-state index in [0.717, 1.165) is 69.8 Å². The first kappa shape index (κ1) is 50.6. The fraction of sp³-hybridized carbons (Fsp3) is 0.607. The molecule has 0 amide bonds. The van der Waals surface area contributed by atoms with Crippen molar-refractivity contribution < 1.29 is 28.7 Å². The minimum Gasteiger partial charge on any atom is -0.468 e. The summed E-state index contributed by atoms with van der Waals surface area (Å²) in [5.74, 6) is -0.493. The minimum absolute atomic E-state index is 0.0523. The van der Waals surface area contributed by atoms with Gasteiger partial charge in [0.25, 0.3) is 0 Å². The molecule has 66 heavy (non-hydrogen) atoms. The normalized spacial score (nSPS) is 20.2. The number of allylic oxidation sites excluding steroid dienone is 1. The molecule has 0 radical (unpaired) electrons. The Kier molecular flexibility index (Phi) is 17.1. The molecule has 3 aromatic rings. The van der Waals surface area contributed by atoms with E-state index >= 15 is 0 Å². The highest BCUT2D eigenvalue weighted by atomic mass is 16.5. The lowest BCUT2D eigenvalue weighted by atomic mass is 9.84. The molecule has 3 aliphatic rings. The van der Waals surface area contributed by atoms with Gasteiger partial charge in [-0.3, -0.25) is 29.1 Å². The largest absolute Gasteiger partial charge is 0.468 e. The Labute approximate surface area is 394 Å². The Balaban J connectivity index is 1.21. The molecule has 358 valence electrons. The number of esters is 2. The number of Topliss-reactive ketones (excluding diaryl/α,β-unsaturated/α-hetero) is 2. The third-order valence-corrected chi connectivity index (χ3v) is 15.1. The number of aromatic nitrogens is 4. The molecule has 3 aromatic heterocycles. The van der Waals surface area contributed by atoms with E-state index < -0.39 is 11.9 Å². The second kappa shape index (κ2) is 22.3. The predicted octanol–water partition coefficient (Wildman–Crippen LogP) is 13.9. The van der Waals surface area contributed by atoms with Gasteiger partial charge in [-0.2, -0.15) is 0 Å².